The van der Waals surface area contributed by atoms with Crippen LogP contribution in [0.5, 0.6) is 0 Å². The molecule has 2 rings (SSSR count). The zero-order chi connectivity index (χ0) is 12.3. The fourth-order valence-corrected chi connectivity index (χ4v) is 2.20. The molecule has 0 saturated carbocycles. The molecule has 0 amide bonds. The Balaban J connectivity index is 1.81. The lowest BCUT2D eigenvalue weighted by Crippen LogP contribution is -2.38. The molecule has 1 saturated heterocycles. The molecule has 96 valence electrons. The minimum Gasteiger partial charge on any atom is -0.444 e. The maximum atomic E-state index is 5.65. The third-order valence-electron chi connectivity index (χ3n) is 3.44. The van der Waals surface area contributed by atoms with E-state index in [1.54, 1.807) is 0 Å². The molecule has 0 bridgehead atoms. The van der Waals surface area contributed by atoms with Gasteiger partial charge in [-0.25, -0.2) is 4.98 Å². The Morgan fingerprint density at radius 3 is 2.88 bits per heavy atom. The highest BCUT2D eigenvalue weighted by atomic mass is 16.5. The Hall–Kier alpha value is -0.870. The van der Waals surface area contributed by atoms with Gasteiger partial charge >= 0.3 is 0 Å². The highest BCUT2D eigenvalue weighted by molar-refractivity contribution is 5.05. The summed E-state index contributed by atoms with van der Waals surface area (Å²) in [5.41, 5.74) is 0.986. The van der Waals surface area contributed by atoms with E-state index < -0.39 is 0 Å². The fourth-order valence-electron chi connectivity index (χ4n) is 2.20. The van der Waals surface area contributed by atoms with Crippen molar-refractivity contribution in [1.29, 1.82) is 0 Å². The van der Waals surface area contributed by atoms with Crippen LogP contribution in [0, 0.1) is 13.8 Å². The molecule has 0 aromatic carbocycles. The molecule has 2 unspecified atom stereocenters. The first kappa shape index (κ1) is 12.6. The Kier molecular flexibility index (Phi) is 4.18. The van der Waals surface area contributed by atoms with Gasteiger partial charge in [0.25, 0.3) is 0 Å². The minimum absolute atomic E-state index is 0.411. The number of nitrogens with one attached hydrogen (secondary N) is 1. The molecule has 4 nitrogen and oxygen atoms in total. The first-order valence-corrected chi connectivity index (χ1v) is 6.47. The Labute approximate surface area is 103 Å². The molecule has 2 heterocycles. The summed E-state index contributed by atoms with van der Waals surface area (Å²) in [6, 6.07) is 0.529. The standard InChI is InChI=1S/C13H22N2O2/c1-4-12-7-11(5-6-16-12)14-8-13-15-9(2)10(3)17-13/h11-12,14H,4-8H2,1-3H3. The van der Waals surface area contributed by atoms with Gasteiger partial charge < -0.3 is 14.5 Å². The van der Waals surface area contributed by atoms with E-state index in [4.69, 9.17) is 9.15 Å². The highest BCUT2D eigenvalue weighted by Crippen LogP contribution is 2.17. The first-order valence-electron chi connectivity index (χ1n) is 6.47. The summed E-state index contributed by atoms with van der Waals surface area (Å²) in [6.45, 7) is 7.68. The van der Waals surface area contributed by atoms with Crippen LogP contribution in [0.3, 0.4) is 0 Å². The fraction of sp³-hybridized carbons (Fsp3) is 0.769. The molecule has 0 radical (unpaired) electrons. The van der Waals surface area contributed by atoms with E-state index in [0.717, 1.165) is 49.8 Å². The third kappa shape index (κ3) is 3.30. The second-order valence-corrected chi connectivity index (χ2v) is 4.75. The van der Waals surface area contributed by atoms with Crippen LogP contribution in [-0.4, -0.2) is 23.7 Å². The zero-order valence-corrected chi connectivity index (χ0v) is 11.0. The van der Waals surface area contributed by atoms with Crippen LogP contribution in [0.15, 0.2) is 4.42 Å². The Morgan fingerprint density at radius 1 is 1.41 bits per heavy atom. The van der Waals surface area contributed by atoms with Crippen LogP contribution < -0.4 is 5.32 Å². The second kappa shape index (κ2) is 5.65. The highest BCUT2D eigenvalue weighted by Gasteiger charge is 2.21. The number of aryl methyl sites for hydroxylation is 2. The van der Waals surface area contributed by atoms with Gasteiger partial charge in [-0.05, 0) is 33.1 Å². The normalized spacial score (nSPS) is 25.1. The van der Waals surface area contributed by atoms with Crippen LogP contribution in [-0.2, 0) is 11.3 Å². The Bertz CT molecular complexity index is 343. The molecular weight excluding hydrogens is 216 g/mol. The van der Waals surface area contributed by atoms with Crippen LogP contribution in [0.4, 0.5) is 0 Å². The molecule has 1 fully saturated rings. The van der Waals surface area contributed by atoms with E-state index in [1.807, 2.05) is 13.8 Å². The molecular formula is C13H22N2O2. The molecule has 1 aliphatic heterocycles. The first-order chi connectivity index (χ1) is 8.19. The van der Waals surface area contributed by atoms with E-state index in [9.17, 15) is 0 Å². The average molecular weight is 238 g/mol. The lowest BCUT2D eigenvalue weighted by molar-refractivity contribution is -0.000660. The molecule has 1 aliphatic rings. The lowest BCUT2D eigenvalue weighted by atomic mass is 10.0. The largest absolute Gasteiger partial charge is 0.444 e. The quantitative estimate of drug-likeness (QED) is 0.874. The van der Waals surface area contributed by atoms with Crippen molar-refractivity contribution >= 4 is 0 Å². The van der Waals surface area contributed by atoms with Crippen molar-refractivity contribution in [1.82, 2.24) is 10.3 Å². The molecule has 2 atom stereocenters. The maximum Gasteiger partial charge on any atom is 0.208 e. The van der Waals surface area contributed by atoms with Crippen LogP contribution >= 0.6 is 0 Å². The predicted octanol–water partition coefficient (Wildman–Crippen LogP) is 2.34. The van der Waals surface area contributed by atoms with Crippen LogP contribution in [0.2, 0.25) is 0 Å². The van der Waals surface area contributed by atoms with Crippen molar-refractivity contribution in [3.8, 4) is 0 Å². The van der Waals surface area contributed by atoms with Crippen LogP contribution in [0.1, 0.15) is 43.5 Å². The smallest absolute Gasteiger partial charge is 0.208 e. The summed E-state index contributed by atoms with van der Waals surface area (Å²) in [5, 5.41) is 3.51. The maximum absolute atomic E-state index is 5.65. The van der Waals surface area contributed by atoms with Gasteiger partial charge in [0.1, 0.15) is 5.76 Å². The van der Waals surface area contributed by atoms with Gasteiger partial charge in [0.2, 0.25) is 5.89 Å². The average Bonchev–Trinajstić information content (AvgIpc) is 2.67. The number of nitrogens with zero attached hydrogens (tertiary/aromatic N) is 1. The summed E-state index contributed by atoms with van der Waals surface area (Å²) in [4.78, 5) is 4.37. The van der Waals surface area contributed by atoms with Gasteiger partial charge in [-0.2, -0.15) is 0 Å². The van der Waals surface area contributed by atoms with Gasteiger partial charge in [-0.3, -0.25) is 0 Å². The molecule has 1 aromatic heterocycles. The molecule has 17 heavy (non-hydrogen) atoms. The van der Waals surface area contributed by atoms with E-state index in [1.165, 1.54) is 0 Å². The third-order valence-corrected chi connectivity index (χ3v) is 3.44. The molecule has 4 heteroatoms. The number of ether oxygens (including phenoxy) is 1. The van der Waals surface area contributed by atoms with E-state index in [2.05, 4.69) is 17.2 Å². The van der Waals surface area contributed by atoms with Gasteiger partial charge in [0, 0.05) is 12.6 Å². The van der Waals surface area contributed by atoms with Crippen molar-refractivity contribution in [3.63, 3.8) is 0 Å². The summed E-state index contributed by atoms with van der Waals surface area (Å²) in [6.07, 6.45) is 3.68. The number of hydrogen-bond donors (Lipinski definition) is 1. The topological polar surface area (TPSA) is 47.3 Å². The number of aromatic nitrogens is 1. The molecule has 1 aromatic rings. The van der Waals surface area contributed by atoms with E-state index >= 15 is 0 Å². The zero-order valence-electron chi connectivity index (χ0n) is 11.0. The van der Waals surface area contributed by atoms with Crippen molar-refractivity contribution in [2.24, 2.45) is 0 Å². The minimum atomic E-state index is 0.411. The van der Waals surface area contributed by atoms with Gasteiger partial charge in [-0.1, -0.05) is 6.92 Å². The van der Waals surface area contributed by atoms with Gasteiger partial charge in [-0.15, -0.1) is 0 Å². The lowest BCUT2D eigenvalue weighted by Gasteiger charge is -2.29. The number of oxazole rings is 1. The van der Waals surface area contributed by atoms with Gasteiger partial charge in [0.15, 0.2) is 0 Å². The summed E-state index contributed by atoms with van der Waals surface area (Å²) in [5.74, 6) is 1.71. The second-order valence-electron chi connectivity index (χ2n) is 4.75. The number of rotatable bonds is 4. The van der Waals surface area contributed by atoms with E-state index in [-0.39, 0.29) is 0 Å². The predicted molar refractivity (Wildman–Crippen MR) is 65.9 cm³/mol. The van der Waals surface area contributed by atoms with Crippen molar-refractivity contribution in [3.05, 3.63) is 17.3 Å². The van der Waals surface area contributed by atoms with Crippen molar-refractivity contribution in [2.75, 3.05) is 6.61 Å². The Morgan fingerprint density at radius 2 is 2.24 bits per heavy atom. The summed E-state index contributed by atoms with van der Waals surface area (Å²) >= 11 is 0. The van der Waals surface area contributed by atoms with E-state index in [0.29, 0.717) is 12.1 Å². The SMILES string of the molecule is CCC1CC(NCc2nc(C)c(C)o2)CCO1. The van der Waals surface area contributed by atoms with Crippen LogP contribution in [0.25, 0.3) is 0 Å². The summed E-state index contributed by atoms with van der Waals surface area (Å²) < 4.78 is 11.2. The van der Waals surface area contributed by atoms with Crippen molar-refractivity contribution < 1.29 is 9.15 Å². The molecule has 0 spiro atoms. The summed E-state index contributed by atoms with van der Waals surface area (Å²) in [7, 11) is 0. The van der Waals surface area contributed by atoms with Crippen molar-refractivity contribution in [2.45, 2.75) is 58.7 Å². The monoisotopic (exact) mass is 238 g/mol. The number of hydrogen-bond acceptors (Lipinski definition) is 4. The van der Waals surface area contributed by atoms with Gasteiger partial charge in [0.05, 0.1) is 18.3 Å². The molecule has 1 N–H and O–H groups in total. The molecule has 0 aliphatic carbocycles.